The summed E-state index contributed by atoms with van der Waals surface area (Å²) >= 11 is 0. The Balaban J connectivity index is 2.55. The average Bonchev–Trinajstić information content (AvgIpc) is 2.38. The van der Waals surface area contributed by atoms with Crippen molar-refractivity contribution in [3.05, 3.63) is 59.5 Å². The van der Waals surface area contributed by atoms with E-state index in [-0.39, 0.29) is 16.9 Å². The van der Waals surface area contributed by atoms with Gasteiger partial charge in [0.15, 0.2) is 17.8 Å². The van der Waals surface area contributed by atoms with Gasteiger partial charge in [-0.25, -0.2) is 0 Å². The monoisotopic (exact) mass is 231 g/mol. The topological polar surface area (TPSA) is 78.6 Å². The molecule has 5 heteroatoms. The summed E-state index contributed by atoms with van der Waals surface area (Å²) in [7, 11) is 0. The maximum absolute atomic E-state index is 11.3. The number of hydrogen-bond acceptors (Lipinski definition) is 4. The van der Waals surface area contributed by atoms with Gasteiger partial charge in [0, 0.05) is 5.57 Å². The number of nitrogens with two attached hydrogens (primary N) is 1. The van der Waals surface area contributed by atoms with Gasteiger partial charge in [0.05, 0.1) is 18.1 Å². The number of ether oxygens (including phenoxy) is 2. The lowest BCUT2D eigenvalue weighted by molar-refractivity contribution is -0.115. The van der Waals surface area contributed by atoms with Crippen LogP contribution in [0.15, 0.2) is 59.5 Å². The fourth-order valence-electron chi connectivity index (χ4n) is 1.45. The summed E-state index contributed by atoms with van der Waals surface area (Å²) in [6.45, 7) is 0. The first-order valence-corrected chi connectivity index (χ1v) is 4.81. The van der Waals surface area contributed by atoms with Crippen LogP contribution in [-0.2, 0) is 19.1 Å². The summed E-state index contributed by atoms with van der Waals surface area (Å²) in [4.78, 5) is 22.2. The van der Waals surface area contributed by atoms with Gasteiger partial charge in [-0.1, -0.05) is 6.08 Å². The molecule has 2 heterocycles. The molecule has 1 amide bonds. The zero-order valence-electron chi connectivity index (χ0n) is 8.75. The van der Waals surface area contributed by atoms with E-state index in [2.05, 4.69) is 0 Å². The van der Waals surface area contributed by atoms with Gasteiger partial charge >= 0.3 is 0 Å². The van der Waals surface area contributed by atoms with E-state index >= 15 is 0 Å². The maximum Gasteiger partial charge on any atom is 0.253 e. The number of allylic oxidation sites excluding steroid dienone is 5. The molecule has 2 aliphatic heterocycles. The van der Waals surface area contributed by atoms with Gasteiger partial charge < -0.3 is 15.2 Å². The van der Waals surface area contributed by atoms with E-state index in [0.29, 0.717) is 12.0 Å². The Labute approximate surface area is 97.2 Å². The van der Waals surface area contributed by atoms with Gasteiger partial charge in [-0.2, -0.15) is 0 Å². The quantitative estimate of drug-likeness (QED) is 0.714. The van der Waals surface area contributed by atoms with Crippen molar-refractivity contribution in [2.45, 2.75) is 0 Å². The molecule has 0 radical (unpaired) electrons. The van der Waals surface area contributed by atoms with Crippen LogP contribution in [0.3, 0.4) is 0 Å². The van der Waals surface area contributed by atoms with Gasteiger partial charge in [-0.05, 0) is 18.2 Å². The summed E-state index contributed by atoms with van der Waals surface area (Å²) < 4.78 is 10.4. The third-order valence-electron chi connectivity index (χ3n) is 2.18. The number of aldehydes is 1. The lowest BCUT2D eigenvalue weighted by atomic mass is 10.0. The average molecular weight is 231 g/mol. The van der Waals surface area contributed by atoms with Gasteiger partial charge in [0.2, 0.25) is 0 Å². The number of rotatable bonds is 2. The lowest BCUT2D eigenvalue weighted by Gasteiger charge is -2.17. The van der Waals surface area contributed by atoms with E-state index < -0.39 is 5.91 Å². The molecule has 17 heavy (non-hydrogen) atoms. The second-order valence-corrected chi connectivity index (χ2v) is 3.23. The van der Waals surface area contributed by atoms with Crippen molar-refractivity contribution >= 4 is 12.2 Å². The minimum absolute atomic E-state index is 0.0115. The molecule has 0 bridgehead atoms. The minimum atomic E-state index is -0.745. The van der Waals surface area contributed by atoms with Gasteiger partial charge in [-0.3, -0.25) is 9.59 Å². The largest absolute Gasteiger partial charge is 0.461 e. The molecule has 0 aromatic rings. The van der Waals surface area contributed by atoms with Crippen LogP contribution in [0.5, 0.6) is 0 Å². The standard InChI is InChI=1S/C12H9NO4/c13-12(15)10-8(7-14)4-6-17-11(10)9-3-1-2-5-16-9/h1-7H,(H2,13,15). The van der Waals surface area contributed by atoms with Crippen LogP contribution in [0.1, 0.15) is 0 Å². The molecule has 2 aliphatic rings. The minimum Gasteiger partial charge on any atom is -0.461 e. The molecule has 0 fully saturated rings. The molecule has 0 aromatic carbocycles. The van der Waals surface area contributed by atoms with Crippen molar-refractivity contribution in [3.63, 3.8) is 0 Å². The second-order valence-electron chi connectivity index (χ2n) is 3.23. The van der Waals surface area contributed by atoms with Crippen molar-refractivity contribution in [1.82, 2.24) is 0 Å². The lowest BCUT2D eigenvalue weighted by Crippen LogP contribution is -2.21. The molecule has 0 saturated heterocycles. The van der Waals surface area contributed by atoms with Crippen molar-refractivity contribution < 1.29 is 19.1 Å². The Morgan fingerprint density at radius 1 is 1.18 bits per heavy atom. The molecule has 0 spiro atoms. The van der Waals surface area contributed by atoms with E-state index in [1.54, 1.807) is 18.2 Å². The molecule has 0 aromatic heterocycles. The molecule has 86 valence electrons. The van der Waals surface area contributed by atoms with Crippen molar-refractivity contribution in [1.29, 1.82) is 0 Å². The second kappa shape index (κ2) is 4.52. The summed E-state index contributed by atoms with van der Waals surface area (Å²) in [5.41, 5.74) is 5.40. The fraction of sp³-hybridized carbons (Fsp3) is 0. The maximum atomic E-state index is 11.3. The van der Waals surface area contributed by atoms with E-state index in [1.165, 1.54) is 18.6 Å². The van der Waals surface area contributed by atoms with Crippen molar-refractivity contribution in [3.8, 4) is 0 Å². The Morgan fingerprint density at radius 3 is 2.59 bits per heavy atom. The number of carbonyl (C=O) groups is 2. The number of hydrogen-bond donors (Lipinski definition) is 1. The Hall–Kier alpha value is -2.56. The summed E-state index contributed by atoms with van der Waals surface area (Å²) in [6, 6.07) is 0. The Kier molecular flexibility index (Phi) is 2.91. The molecule has 2 rings (SSSR count). The van der Waals surface area contributed by atoms with E-state index in [1.807, 2.05) is 0 Å². The highest BCUT2D eigenvalue weighted by Crippen LogP contribution is 2.26. The molecule has 2 N–H and O–H groups in total. The Morgan fingerprint density at radius 2 is 2.00 bits per heavy atom. The zero-order valence-corrected chi connectivity index (χ0v) is 8.75. The smallest absolute Gasteiger partial charge is 0.253 e. The van der Waals surface area contributed by atoms with E-state index in [9.17, 15) is 9.59 Å². The normalized spacial score (nSPS) is 22.1. The van der Waals surface area contributed by atoms with E-state index in [4.69, 9.17) is 15.2 Å². The van der Waals surface area contributed by atoms with Crippen LogP contribution in [-0.4, -0.2) is 12.2 Å². The summed E-state index contributed by atoms with van der Waals surface area (Å²) in [5, 5.41) is 0. The molecule has 0 atom stereocenters. The van der Waals surface area contributed by atoms with Crippen LogP contribution in [0.4, 0.5) is 0 Å². The van der Waals surface area contributed by atoms with Crippen LogP contribution in [0, 0.1) is 0 Å². The number of amides is 1. The number of primary amides is 1. The highest BCUT2D eigenvalue weighted by Gasteiger charge is 2.24. The third-order valence-corrected chi connectivity index (χ3v) is 2.18. The zero-order chi connectivity index (χ0) is 12.3. The van der Waals surface area contributed by atoms with Crippen molar-refractivity contribution in [2.24, 2.45) is 5.73 Å². The fourth-order valence-corrected chi connectivity index (χ4v) is 1.45. The molecular weight excluding hydrogens is 222 g/mol. The van der Waals surface area contributed by atoms with Crippen LogP contribution in [0.25, 0.3) is 0 Å². The number of carbonyl (C=O) groups excluding carboxylic acids is 2. The van der Waals surface area contributed by atoms with Crippen LogP contribution < -0.4 is 5.73 Å². The molecule has 0 saturated carbocycles. The SMILES string of the molecule is NC(=O)C1=C(C=O)C=COC1=C1C=CC=CO1. The third kappa shape index (κ3) is 2.03. The first kappa shape index (κ1) is 10.9. The van der Waals surface area contributed by atoms with Gasteiger partial charge in [0.1, 0.15) is 0 Å². The van der Waals surface area contributed by atoms with E-state index in [0.717, 1.165) is 0 Å². The summed E-state index contributed by atoms with van der Waals surface area (Å²) in [6.07, 6.45) is 9.66. The highest BCUT2D eigenvalue weighted by atomic mass is 16.5. The molecule has 5 nitrogen and oxygen atoms in total. The van der Waals surface area contributed by atoms with Crippen molar-refractivity contribution in [2.75, 3.05) is 0 Å². The first-order valence-electron chi connectivity index (χ1n) is 4.81. The molecule has 0 unspecified atom stereocenters. The first-order chi connectivity index (χ1) is 8.24. The van der Waals surface area contributed by atoms with Crippen LogP contribution in [0.2, 0.25) is 0 Å². The van der Waals surface area contributed by atoms with Gasteiger partial charge in [-0.15, -0.1) is 0 Å². The predicted octanol–water partition coefficient (Wildman–Crippen LogP) is 0.823. The Bertz CT molecular complexity index is 521. The molecular formula is C12H9NO4. The highest BCUT2D eigenvalue weighted by molar-refractivity contribution is 6.03. The van der Waals surface area contributed by atoms with Crippen LogP contribution >= 0.6 is 0 Å². The predicted molar refractivity (Wildman–Crippen MR) is 58.9 cm³/mol. The molecule has 0 aliphatic carbocycles. The summed E-state index contributed by atoms with van der Waals surface area (Å²) in [5.74, 6) is -0.279. The van der Waals surface area contributed by atoms with Gasteiger partial charge in [0.25, 0.3) is 5.91 Å².